The number of aliphatic hydroxyl groups excluding tert-OH is 1. The van der Waals surface area contributed by atoms with E-state index in [4.69, 9.17) is 18.9 Å². The number of carbonyl (C=O) groups excluding carboxylic acids is 3. The smallest absolute Gasteiger partial charge is 0.246 e. The first-order chi connectivity index (χ1) is 33.3. The Kier molecular flexibility index (Phi) is 20.1. The molecule has 6 rings (SSSR count). The van der Waals surface area contributed by atoms with E-state index in [1.54, 1.807) is 11.3 Å². The summed E-state index contributed by atoms with van der Waals surface area (Å²) >= 11 is 1.58. The van der Waals surface area contributed by atoms with E-state index in [2.05, 4.69) is 88.1 Å². The van der Waals surface area contributed by atoms with Crippen LogP contribution in [0.1, 0.15) is 68.5 Å². The molecule has 5 aromatic rings. The number of nitrogens with zero attached hydrogens (tertiary/aromatic N) is 3. The van der Waals surface area contributed by atoms with Crippen molar-refractivity contribution >= 4 is 40.2 Å². The Morgan fingerprint density at radius 1 is 0.812 bits per heavy atom. The normalized spacial score (nSPS) is 15.7. The predicted octanol–water partition coefficient (Wildman–Crippen LogP) is 7.66. The zero-order chi connectivity index (χ0) is 49.2. The maximum Gasteiger partial charge on any atom is 0.246 e. The van der Waals surface area contributed by atoms with Crippen molar-refractivity contribution in [2.24, 2.45) is 5.41 Å². The highest BCUT2D eigenvalue weighted by molar-refractivity contribution is 7.13. The largest absolute Gasteiger partial charge is 0.492 e. The molecule has 4 aromatic carbocycles. The van der Waals surface area contributed by atoms with Gasteiger partial charge in [-0.1, -0.05) is 125 Å². The number of ether oxygens (including phenoxy) is 4. The second-order valence-electron chi connectivity index (χ2n) is 18.3. The lowest BCUT2D eigenvalue weighted by Gasteiger charge is -2.35. The zero-order valence-corrected chi connectivity index (χ0v) is 41.8. The van der Waals surface area contributed by atoms with Crippen LogP contribution in [0.3, 0.4) is 0 Å². The van der Waals surface area contributed by atoms with E-state index in [1.165, 1.54) is 27.2 Å². The van der Waals surface area contributed by atoms with E-state index in [1.807, 2.05) is 88.8 Å². The van der Waals surface area contributed by atoms with Crippen molar-refractivity contribution in [2.45, 2.75) is 72.2 Å². The van der Waals surface area contributed by atoms with Gasteiger partial charge in [0.05, 0.1) is 55.2 Å². The van der Waals surface area contributed by atoms with Gasteiger partial charge in [-0.25, -0.2) is 4.98 Å². The number of likely N-dealkylation sites (tertiary alicyclic amines) is 1. The lowest BCUT2D eigenvalue weighted by atomic mass is 9.85. The number of likely N-dealkylation sites (N-methyl/N-ethyl adjacent to an activating group) is 1. The van der Waals surface area contributed by atoms with Gasteiger partial charge in [-0.2, -0.15) is 0 Å². The monoisotopic (exact) mass is 959 g/mol. The first-order valence-electron chi connectivity index (χ1n) is 23.9. The number of benzene rings is 4. The number of hydrogen-bond donors (Lipinski definition) is 3. The van der Waals surface area contributed by atoms with Crippen molar-refractivity contribution in [3.05, 3.63) is 143 Å². The number of amides is 3. The highest BCUT2D eigenvalue weighted by Crippen LogP contribution is 2.35. The Morgan fingerprint density at radius 3 is 2.04 bits per heavy atom. The molecule has 1 fully saturated rings. The average molecular weight is 960 g/mol. The van der Waals surface area contributed by atoms with E-state index < -0.39 is 35.4 Å². The summed E-state index contributed by atoms with van der Waals surface area (Å²) < 4.78 is 23.1. The summed E-state index contributed by atoms with van der Waals surface area (Å²) in [5, 5.41) is 16.3. The molecular weight excluding hydrogens is 891 g/mol. The van der Waals surface area contributed by atoms with E-state index in [9.17, 15) is 19.5 Å². The third-order valence-corrected chi connectivity index (χ3v) is 13.0. The molecule has 13 nitrogen and oxygen atoms in total. The van der Waals surface area contributed by atoms with Crippen LogP contribution in [0.5, 0.6) is 5.75 Å². The van der Waals surface area contributed by atoms with Crippen LogP contribution in [-0.4, -0.2) is 129 Å². The molecule has 0 spiro atoms. The van der Waals surface area contributed by atoms with Crippen LogP contribution in [0.25, 0.3) is 21.6 Å². The predicted molar refractivity (Wildman–Crippen MR) is 273 cm³/mol. The molecule has 2 heterocycles. The summed E-state index contributed by atoms with van der Waals surface area (Å²) in [6, 6.07) is 35.5. The van der Waals surface area contributed by atoms with Gasteiger partial charge < -0.3 is 44.5 Å². The maximum atomic E-state index is 14.0. The van der Waals surface area contributed by atoms with Gasteiger partial charge >= 0.3 is 0 Å². The van der Waals surface area contributed by atoms with Crippen LogP contribution in [0.2, 0.25) is 0 Å². The highest BCUT2D eigenvalue weighted by atomic mass is 32.1. The van der Waals surface area contributed by atoms with Crippen LogP contribution in [0, 0.1) is 12.3 Å². The lowest BCUT2D eigenvalue weighted by molar-refractivity contribution is -0.144. The SMILES string of the molecule is CCC(=C(c1ccccc1)c1ccc(OCCN(C)CCOCCOCCOCC(=O)NC(C(=O)N2CC(O)CC2C(=O)NCc2ccc(-c3scnc3C)cc2)C(C)(C)C)cc1)c1ccccc1. The Balaban J connectivity index is 0.835. The number of rotatable bonds is 25. The summed E-state index contributed by atoms with van der Waals surface area (Å²) in [5.74, 6) is -0.436. The standard InChI is InChI=1S/C55H69N5O8S/c1-7-47(41-14-10-8-11-15-41)50(42-16-12-9-13-17-42)43-22-24-46(25-23-43)68-29-27-59(6)26-28-65-30-31-66-32-33-67-37-49(62)58-52(55(3,4)5)54(64)60-36-45(61)34-48(60)53(63)56-35-40-18-20-44(21-19-40)51-39(2)57-38-69-51/h8-25,38,45,48,52,61H,7,26-37H2,1-6H3,(H,56,63)(H,58,62). The molecule has 0 saturated carbocycles. The van der Waals surface area contributed by atoms with E-state index >= 15 is 0 Å². The molecule has 14 heteroatoms. The molecule has 1 aliphatic heterocycles. The molecule has 1 aliphatic rings. The quantitative estimate of drug-likeness (QED) is 0.0393. The summed E-state index contributed by atoms with van der Waals surface area (Å²) in [5.41, 5.74) is 10.2. The Morgan fingerprint density at radius 2 is 1.42 bits per heavy atom. The topological polar surface area (TPSA) is 152 Å². The number of thiazole rings is 1. The van der Waals surface area contributed by atoms with Crippen molar-refractivity contribution in [1.82, 2.24) is 25.4 Å². The van der Waals surface area contributed by atoms with Crippen molar-refractivity contribution in [3.8, 4) is 16.2 Å². The number of allylic oxidation sites excluding steroid dienone is 1. The number of carbonyl (C=O) groups is 3. The summed E-state index contributed by atoms with van der Waals surface area (Å²) in [6.07, 6.45) is 0.151. The number of aliphatic hydroxyl groups is 1. The average Bonchev–Trinajstić information content (AvgIpc) is 3.97. The number of aromatic nitrogens is 1. The number of aryl methyl sites for hydroxylation is 1. The lowest BCUT2D eigenvalue weighted by Crippen LogP contribution is -2.58. The summed E-state index contributed by atoms with van der Waals surface area (Å²) in [7, 11) is 2.03. The minimum atomic E-state index is -0.953. The van der Waals surface area contributed by atoms with Crippen molar-refractivity contribution < 1.29 is 38.4 Å². The van der Waals surface area contributed by atoms with E-state index in [0.29, 0.717) is 26.4 Å². The number of hydrogen-bond acceptors (Lipinski definition) is 11. The highest BCUT2D eigenvalue weighted by Gasteiger charge is 2.44. The fourth-order valence-electron chi connectivity index (χ4n) is 8.24. The fourth-order valence-corrected chi connectivity index (χ4v) is 9.05. The van der Waals surface area contributed by atoms with Gasteiger partial charge in [0.25, 0.3) is 0 Å². The maximum absolute atomic E-state index is 14.0. The molecule has 368 valence electrons. The van der Waals surface area contributed by atoms with E-state index in [0.717, 1.165) is 52.5 Å². The van der Waals surface area contributed by atoms with Gasteiger partial charge in [-0.05, 0) is 76.9 Å². The van der Waals surface area contributed by atoms with Gasteiger partial charge in [0.15, 0.2) is 0 Å². The Hall–Kier alpha value is -5.74. The molecule has 1 saturated heterocycles. The number of β-amino-alcohol motifs (C(OH)–C–C–N with tert-alkyl or cyclic N) is 1. The Bertz CT molecular complexity index is 2400. The van der Waals surface area contributed by atoms with Crippen molar-refractivity contribution in [2.75, 3.05) is 72.9 Å². The van der Waals surface area contributed by atoms with Crippen LogP contribution in [-0.2, 0) is 35.1 Å². The minimum Gasteiger partial charge on any atom is -0.492 e. The molecule has 0 radical (unpaired) electrons. The van der Waals surface area contributed by atoms with Crippen LogP contribution in [0.15, 0.2) is 115 Å². The number of nitrogens with one attached hydrogen (secondary N) is 2. The van der Waals surface area contributed by atoms with Crippen LogP contribution in [0.4, 0.5) is 0 Å². The van der Waals surface area contributed by atoms with Gasteiger partial charge in [0, 0.05) is 32.6 Å². The Labute approximate surface area is 411 Å². The first kappa shape index (κ1) is 52.6. The minimum absolute atomic E-state index is 0.00707. The van der Waals surface area contributed by atoms with Gasteiger partial charge in [0.1, 0.15) is 31.0 Å². The second-order valence-corrected chi connectivity index (χ2v) is 19.2. The fraction of sp³-hybridized carbons (Fsp3) is 0.418. The zero-order valence-electron chi connectivity index (χ0n) is 40.9. The third kappa shape index (κ3) is 15.6. The molecule has 3 amide bonds. The van der Waals surface area contributed by atoms with Gasteiger partial charge in [0.2, 0.25) is 17.7 Å². The summed E-state index contributed by atoms with van der Waals surface area (Å²) in [4.78, 5) is 49.3. The molecule has 1 aromatic heterocycles. The molecule has 0 aliphatic carbocycles. The second kappa shape index (κ2) is 26.3. The van der Waals surface area contributed by atoms with E-state index in [-0.39, 0.29) is 45.2 Å². The van der Waals surface area contributed by atoms with Gasteiger partial charge in [-0.3, -0.25) is 14.4 Å². The van der Waals surface area contributed by atoms with Crippen molar-refractivity contribution in [1.29, 1.82) is 0 Å². The molecule has 3 N–H and O–H groups in total. The first-order valence-corrected chi connectivity index (χ1v) is 24.7. The molecule has 0 bridgehead atoms. The van der Waals surface area contributed by atoms with Gasteiger partial charge in [-0.15, -0.1) is 11.3 Å². The molecular formula is C55H69N5O8S. The van der Waals surface area contributed by atoms with Crippen LogP contribution >= 0.6 is 11.3 Å². The van der Waals surface area contributed by atoms with Crippen molar-refractivity contribution in [3.63, 3.8) is 0 Å². The third-order valence-electron chi connectivity index (χ3n) is 12.0. The summed E-state index contributed by atoms with van der Waals surface area (Å²) in [6.45, 7) is 13.5. The molecule has 3 atom stereocenters. The van der Waals surface area contributed by atoms with Crippen LogP contribution < -0.4 is 15.4 Å². The molecule has 69 heavy (non-hydrogen) atoms. The molecule has 3 unspecified atom stereocenters.